The highest BCUT2D eigenvalue weighted by Crippen LogP contribution is 2.64. The molecule has 1 N–H and O–H groups in total. The third-order valence-corrected chi connectivity index (χ3v) is 18.8. The average molecular weight is 682 g/mol. The number of nitrogens with one attached hydrogen (secondary N) is 1. The van der Waals surface area contributed by atoms with Crippen molar-refractivity contribution in [3.05, 3.63) is 29.8 Å². The minimum absolute atomic E-state index is 0.526. The Morgan fingerprint density at radius 2 is 0.721 bits per heavy atom. The van der Waals surface area contributed by atoms with Gasteiger partial charge in [-0.2, -0.15) is 14.2 Å². The van der Waals surface area contributed by atoms with Crippen LogP contribution < -0.4 is 10.6 Å². The zero-order valence-electron chi connectivity index (χ0n) is 30.3. The molecule has 0 heterocycles. The Balaban J connectivity index is 4.80. The first-order valence-corrected chi connectivity index (χ1v) is 19.6. The maximum Gasteiger partial charge on any atom is 0.312 e. The monoisotopic (exact) mass is 681 g/mol. The molecule has 0 amide bonds. The van der Waals surface area contributed by atoms with Crippen LogP contribution in [0.1, 0.15) is 5.56 Å². The maximum atomic E-state index is 5.87. The molecular weight excluding hydrogens is 618 g/mol. The van der Waals surface area contributed by atoms with Crippen LogP contribution in [0.15, 0.2) is 38.5 Å². The van der Waals surface area contributed by atoms with Gasteiger partial charge in [0.05, 0.1) is 0 Å². The maximum absolute atomic E-state index is 5.87. The molecular formula is C26H63N13P4. The van der Waals surface area contributed by atoms with Crippen molar-refractivity contribution < 1.29 is 0 Å². The Kier molecular flexibility index (Phi) is 15.4. The second-order valence-corrected chi connectivity index (χ2v) is 24.0. The van der Waals surface area contributed by atoms with Gasteiger partial charge in [0.15, 0.2) is 22.5 Å². The smallest absolute Gasteiger partial charge is 0.252 e. The number of hydrogen-bond acceptors (Lipinski definition) is 4. The predicted octanol–water partition coefficient (Wildman–Crippen LogP) is 3.78. The van der Waals surface area contributed by atoms with E-state index in [9.17, 15) is 0 Å². The lowest BCUT2D eigenvalue weighted by atomic mass is 10.2. The Morgan fingerprint density at radius 1 is 0.488 bits per heavy atom. The number of rotatable bonds is 15. The molecule has 0 aliphatic rings. The van der Waals surface area contributed by atoms with E-state index in [0.29, 0.717) is 6.54 Å². The van der Waals surface area contributed by atoms with Crippen molar-refractivity contribution in [2.75, 3.05) is 127 Å². The van der Waals surface area contributed by atoms with Gasteiger partial charge in [0.2, 0.25) is 0 Å². The minimum atomic E-state index is -2.52. The van der Waals surface area contributed by atoms with Crippen LogP contribution in [0, 0.1) is 0 Å². The van der Waals surface area contributed by atoms with Gasteiger partial charge in [-0.1, -0.05) is 24.3 Å². The number of nitrogens with zero attached hydrogens (tertiary/aromatic N) is 12. The molecule has 0 saturated heterocycles. The van der Waals surface area contributed by atoms with Crippen LogP contribution in [-0.4, -0.2) is 175 Å². The first-order valence-electron chi connectivity index (χ1n) is 14.2. The molecule has 0 aromatic heterocycles. The second-order valence-electron chi connectivity index (χ2n) is 12.3. The molecule has 1 aromatic rings. The van der Waals surface area contributed by atoms with Crippen molar-refractivity contribution in [1.82, 2.24) is 47.4 Å². The second kappa shape index (κ2) is 16.2. The summed E-state index contributed by atoms with van der Waals surface area (Å²) in [6, 6.07) is 8.51. The first kappa shape index (κ1) is 41.0. The fourth-order valence-corrected chi connectivity index (χ4v) is 15.7. The van der Waals surface area contributed by atoms with E-state index in [4.69, 9.17) is 14.2 Å². The van der Waals surface area contributed by atoms with Crippen LogP contribution in [0.3, 0.4) is 0 Å². The van der Waals surface area contributed by atoms with E-state index in [1.807, 2.05) is 0 Å². The summed E-state index contributed by atoms with van der Waals surface area (Å²) >= 11 is 0. The molecule has 0 aliphatic carbocycles. The van der Waals surface area contributed by atoms with Crippen molar-refractivity contribution in [3.8, 4) is 0 Å². The summed E-state index contributed by atoms with van der Waals surface area (Å²) in [6.07, 6.45) is 0. The largest absolute Gasteiger partial charge is 0.312 e. The summed E-state index contributed by atoms with van der Waals surface area (Å²) in [5.41, 5.74) is 1.13. The zero-order valence-corrected chi connectivity index (χ0v) is 34.1. The molecule has 0 radical (unpaired) electrons. The lowest BCUT2D eigenvalue weighted by molar-refractivity contribution is 0.337. The van der Waals surface area contributed by atoms with Gasteiger partial charge >= 0.3 is 5.91 Å². The van der Waals surface area contributed by atoms with Gasteiger partial charge in [-0.25, -0.2) is 0 Å². The van der Waals surface area contributed by atoms with E-state index >= 15 is 0 Å². The summed E-state index contributed by atoms with van der Waals surface area (Å²) < 4.78 is 37.6. The molecule has 0 bridgehead atoms. The Bertz CT molecular complexity index is 997. The Hall–Kier alpha value is -0.0600. The summed E-state index contributed by atoms with van der Waals surface area (Å²) in [4.78, 5) is 0. The lowest BCUT2D eigenvalue weighted by Crippen LogP contribution is -2.45. The van der Waals surface area contributed by atoms with Crippen molar-refractivity contribution in [2.45, 2.75) is 12.5 Å². The normalized spacial score (nSPS) is 14.1. The quantitative estimate of drug-likeness (QED) is 0.277. The van der Waals surface area contributed by atoms with Crippen LogP contribution in [0.4, 0.5) is 0 Å². The van der Waals surface area contributed by atoms with Gasteiger partial charge in [-0.05, 0) is 138 Å². The zero-order chi connectivity index (χ0) is 33.7. The van der Waals surface area contributed by atoms with E-state index < -0.39 is 28.4 Å². The van der Waals surface area contributed by atoms with E-state index in [0.717, 1.165) is 10.9 Å². The van der Waals surface area contributed by atoms with Crippen LogP contribution in [0.25, 0.3) is 0 Å². The topological polar surface area (TPSA) is 78.3 Å². The predicted molar refractivity (Wildman–Crippen MR) is 197 cm³/mol. The van der Waals surface area contributed by atoms with Gasteiger partial charge in [0.1, 0.15) is 0 Å². The van der Waals surface area contributed by atoms with Gasteiger partial charge in [-0.15, -0.1) is 9.24 Å². The highest BCUT2D eigenvalue weighted by atomic mass is 31.2. The van der Waals surface area contributed by atoms with Crippen molar-refractivity contribution in [2.24, 2.45) is 14.2 Å². The van der Waals surface area contributed by atoms with E-state index in [1.54, 1.807) is 0 Å². The van der Waals surface area contributed by atoms with Crippen LogP contribution >= 0.6 is 31.8 Å². The lowest BCUT2D eigenvalue weighted by Gasteiger charge is -2.48. The molecule has 252 valence electrons. The van der Waals surface area contributed by atoms with Crippen molar-refractivity contribution in [3.63, 3.8) is 0 Å². The summed E-state index contributed by atoms with van der Waals surface area (Å²) in [7, 11) is 32.9. The van der Waals surface area contributed by atoms with E-state index in [1.165, 1.54) is 0 Å². The SMILES string of the molecule is CN(C)P(=NC(N=P(N(C)C)(N(C)C)N(C)C)(N=P(N(C)C)(N(C)C)N(C)C)NCc1ccc(P)cc1)(N(C)C)N(C)C. The molecule has 0 spiro atoms. The molecule has 1 atom stereocenters. The van der Waals surface area contributed by atoms with Gasteiger partial charge in [0.25, 0.3) is 0 Å². The van der Waals surface area contributed by atoms with Crippen molar-refractivity contribution in [1.29, 1.82) is 0 Å². The molecule has 0 saturated carbocycles. The van der Waals surface area contributed by atoms with Gasteiger partial charge < -0.3 is 0 Å². The fourth-order valence-electron chi connectivity index (χ4n) is 5.61. The molecule has 0 fully saturated rings. The highest BCUT2D eigenvalue weighted by molar-refractivity contribution is 7.60. The summed E-state index contributed by atoms with van der Waals surface area (Å²) in [6.45, 7) is 0.526. The Morgan fingerprint density at radius 3 is 0.930 bits per heavy atom. The van der Waals surface area contributed by atoms with Crippen LogP contribution in [0.5, 0.6) is 0 Å². The fraction of sp³-hybridized carbons (Fsp3) is 0.769. The molecule has 0 aliphatic heterocycles. The number of benzene rings is 1. The van der Waals surface area contributed by atoms with Crippen LogP contribution in [-0.2, 0) is 6.54 Å². The highest BCUT2D eigenvalue weighted by Gasteiger charge is 2.45. The van der Waals surface area contributed by atoms with E-state index in [2.05, 4.69) is 208 Å². The molecule has 43 heavy (non-hydrogen) atoms. The number of hydrogen-bond donors (Lipinski definition) is 1. The van der Waals surface area contributed by atoms with Crippen LogP contribution in [0.2, 0.25) is 0 Å². The average Bonchev–Trinajstić information content (AvgIpc) is 2.86. The first-order chi connectivity index (χ1) is 19.6. The van der Waals surface area contributed by atoms with Gasteiger partial charge in [0, 0.05) is 6.54 Å². The standard InChI is InChI=1S/C26H63N13P4/c1-31(2)41(32(3)4,33(5)6)28-26(27-23-24-19-21-25(40)22-20-24,29-42(34(7)8,35(9)10)36(11)12)30-43(37(13)14,38(15)16)39(17)18/h19-22,27H,23,40H2,1-18H3. The molecule has 1 rings (SSSR count). The molecule has 13 nitrogen and oxygen atoms in total. The summed E-state index contributed by atoms with van der Waals surface area (Å²) in [5, 5.41) is 5.01. The van der Waals surface area contributed by atoms with Crippen molar-refractivity contribution >= 4 is 37.1 Å². The summed E-state index contributed by atoms with van der Waals surface area (Å²) in [5.74, 6) is -1.37. The van der Waals surface area contributed by atoms with Gasteiger partial charge in [-0.3, -0.25) is 47.4 Å². The Labute approximate surface area is 267 Å². The molecule has 17 heteroatoms. The molecule has 1 aromatic carbocycles. The third-order valence-electron chi connectivity index (χ3n) is 7.16. The minimum Gasteiger partial charge on any atom is -0.252 e. The molecule has 1 unspecified atom stereocenters. The third kappa shape index (κ3) is 8.65. The van der Waals surface area contributed by atoms with E-state index in [-0.39, 0.29) is 0 Å².